The third-order valence-corrected chi connectivity index (χ3v) is 9.28. The summed E-state index contributed by atoms with van der Waals surface area (Å²) in [5, 5.41) is 0. The van der Waals surface area contributed by atoms with Gasteiger partial charge >= 0.3 is 0 Å². The Morgan fingerprint density at radius 3 is 2.39 bits per heavy atom. The smallest absolute Gasteiger partial charge is 0.237 e. The van der Waals surface area contributed by atoms with E-state index in [9.17, 15) is 13.2 Å². The van der Waals surface area contributed by atoms with E-state index in [0.717, 1.165) is 69.9 Å². The van der Waals surface area contributed by atoms with E-state index in [1.165, 1.54) is 12.0 Å². The van der Waals surface area contributed by atoms with Gasteiger partial charge < -0.3 is 14.4 Å². The molecule has 9 heteroatoms. The lowest BCUT2D eigenvalue weighted by molar-refractivity contribution is -0.138. The maximum atomic E-state index is 13.4. The molecule has 8 nitrogen and oxygen atoms in total. The zero-order chi connectivity index (χ0) is 22.8. The number of benzene rings is 1. The predicted octanol–water partition coefficient (Wildman–Crippen LogP) is 1.88. The summed E-state index contributed by atoms with van der Waals surface area (Å²) < 4.78 is 35.1. The molecule has 1 amide bonds. The second kappa shape index (κ2) is 9.80. The average molecular weight is 478 g/mol. The first kappa shape index (κ1) is 22.9. The molecule has 0 N–H and O–H groups in total. The molecule has 3 fully saturated rings. The van der Waals surface area contributed by atoms with Gasteiger partial charge in [-0.15, -0.1) is 0 Å². The van der Waals surface area contributed by atoms with Crippen LogP contribution in [0, 0.1) is 0 Å². The number of rotatable bonds is 6. The molecular weight excluding hydrogens is 442 g/mol. The van der Waals surface area contributed by atoms with Crippen LogP contribution in [-0.2, 0) is 21.2 Å². The zero-order valence-electron chi connectivity index (χ0n) is 19.3. The molecule has 1 unspecified atom stereocenters. The summed E-state index contributed by atoms with van der Waals surface area (Å²) in [6.07, 6.45) is 6.08. The van der Waals surface area contributed by atoms with E-state index in [0.29, 0.717) is 13.0 Å². The van der Waals surface area contributed by atoms with Crippen molar-refractivity contribution in [2.24, 2.45) is 0 Å². The summed E-state index contributed by atoms with van der Waals surface area (Å²) in [5.41, 5.74) is 1.20. The van der Waals surface area contributed by atoms with Crippen LogP contribution in [0.25, 0.3) is 0 Å². The number of fused-ring (bicyclic) bond motifs is 1. The fourth-order valence-corrected chi connectivity index (χ4v) is 7.45. The van der Waals surface area contributed by atoms with Crippen molar-refractivity contribution in [1.82, 2.24) is 14.7 Å². The molecule has 0 radical (unpaired) electrons. The van der Waals surface area contributed by atoms with E-state index >= 15 is 0 Å². The molecule has 4 aliphatic rings. The monoisotopic (exact) mass is 477 g/mol. The van der Waals surface area contributed by atoms with Crippen LogP contribution in [-0.4, -0.2) is 92.1 Å². The normalized spacial score (nSPS) is 25.9. The van der Waals surface area contributed by atoms with E-state index in [1.807, 2.05) is 11.0 Å². The Balaban J connectivity index is 1.16. The van der Waals surface area contributed by atoms with Crippen molar-refractivity contribution in [1.29, 1.82) is 0 Å². The lowest BCUT2D eigenvalue weighted by Gasteiger charge is -2.40. The summed E-state index contributed by atoms with van der Waals surface area (Å²) in [7, 11) is -3.02. The minimum Gasteiger partial charge on any atom is -0.454 e. The van der Waals surface area contributed by atoms with Gasteiger partial charge in [-0.25, -0.2) is 8.42 Å². The molecule has 2 saturated heterocycles. The van der Waals surface area contributed by atoms with Crippen molar-refractivity contribution in [2.45, 2.75) is 57.2 Å². The van der Waals surface area contributed by atoms with Crippen molar-refractivity contribution in [2.75, 3.05) is 51.0 Å². The number of piperazine rings is 1. The molecule has 1 aromatic rings. The Hall–Kier alpha value is -1.84. The molecular formula is C24H35N3O5S. The first-order valence-electron chi connectivity index (χ1n) is 12.3. The maximum Gasteiger partial charge on any atom is 0.237 e. The lowest BCUT2D eigenvalue weighted by atomic mass is 9.92. The van der Waals surface area contributed by atoms with E-state index in [2.05, 4.69) is 21.9 Å². The predicted molar refractivity (Wildman–Crippen MR) is 125 cm³/mol. The van der Waals surface area contributed by atoms with Gasteiger partial charge in [-0.2, -0.15) is 0 Å². The highest BCUT2D eigenvalue weighted by molar-refractivity contribution is 7.91. The van der Waals surface area contributed by atoms with Crippen molar-refractivity contribution in [3.05, 3.63) is 23.8 Å². The van der Waals surface area contributed by atoms with E-state index < -0.39 is 9.84 Å². The van der Waals surface area contributed by atoms with Gasteiger partial charge in [-0.05, 0) is 37.0 Å². The third-order valence-electron chi connectivity index (χ3n) is 7.52. The van der Waals surface area contributed by atoms with Crippen LogP contribution in [0.3, 0.4) is 0 Å². The molecule has 1 aliphatic carbocycles. The van der Waals surface area contributed by atoms with Crippen LogP contribution in [0.15, 0.2) is 18.2 Å². The average Bonchev–Trinajstić information content (AvgIpc) is 3.41. The van der Waals surface area contributed by atoms with Gasteiger partial charge in [0.15, 0.2) is 21.3 Å². The van der Waals surface area contributed by atoms with E-state index in [4.69, 9.17) is 9.47 Å². The SMILES string of the molecule is O=C(CN1CCN(Cc2ccc3c(c2)OCO3)CC1)N(C1CCCCC1)C1CCS(=O)(=O)C1. The number of amides is 1. The number of ether oxygens (including phenoxy) is 2. The van der Waals surface area contributed by atoms with Crippen molar-refractivity contribution in [3.63, 3.8) is 0 Å². The summed E-state index contributed by atoms with van der Waals surface area (Å²) in [4.78, 5) is 20.1. The topological polar surface area (TPSA) is 79.4 Å². The number of hydrogen-bond donors (Lipinski definition) is 0. The fraction of sp³-hybridized carbons (Fsp3) is 0.708. The molecule has 3 aliphatic heterocycles. The highest BCUT2D eigenvalue weighted by Crippen LogP contribution is 2.33. The first-order valence-corrected chi connectivity index (χ1v) is 14.1. The minimum absolute atomic E-state index is 0.119. The molecule has 1 aromatic carbocycles. The van der Waals surface area contributed by atoms with Gasteiger partial charge in [0.25, 0.3) is 0 Å². The largest absolute Gasteiger partial charge is 0.454 e. The number of carbonyl (C=O) groups excluding carboxylic acids is 1. The number of nitrogens with zero attached hydrogens (tertiary/aromatic N) is 3. The van der Waals surface area contributed by atoms with E-state index in [-0.39, 0.29) is 36.3 Å². The Bertz CT molecular complexity index is 955. The van der Waals surface area contributed by atoms with Gasteiger partial charge in [0.05, 0.1) is 18.1 Å². The molecule has 1 atom stereocenters. The van der Waals surface area contributed by atoms with Crippen LogP contribution in [0.2, 0.25) is 0 Å². The highest BCUT2D eigenvalue weighted by atomic mass is 32.2. The minimum atomic E-state index is -3.02. The van der Waals surface area contributed by atoms with Gasteiger partial charge in [-0.3, -0.25) is 14.6 Å². The standard InChI is InChI=1S/C24H35N3O5S/c28-24(27(20-4-2-1-3-5-20)21-8-13-33(29,30)17-21)16-26-11-9-25(10-12-26)15-19-6-7-22-23(14-19)32-18-31-22/h6-7,14,20-21H,1-5,8-13,15-18H2. The molecule has 0 spiro atoms. The van der Waals surface area contributed by atoms with Gasteiger partial charge in [0.1, 0.15) is 0 Å². The van der Waals surface area contributed by atoms with Crippen LogP contribution in [0.4, 0.5) is 0 Å². The second-order valence-corrected chi connectivity index (χ2v) is 12.1. The van der Waals surface area contributed by atoms with Crippen LogP contribution in [0.1, 0.15) is 44.1 Å². The van der Waals surface area contributed by atoms with Gasteiger partial charge in [0, 0.05) is 44.8 Å². The summed E-state index contributed by atoms with van der Waals surface area (Å²) >= 11 is 0. The summed E-state index contributed by atoms with van der Waals surface area (Å²) in [6, 6.07) is 6.17. The molecule has 3 heterocycles. The fourth-order valence-electron chi connectivity index (χ4n) is 5.74. The van der Waals surface area contributed by atoms with E-state index in [1.54, 1.807) is 0 Å². The zero-order valence-corrected chi connectivity index (χ0v) is 20.1. The quantitative estimate of drug-likeness (QED) is 0.619. The van der Waals surface area contributed by atoms with Crippen molar-refractivity contribution in [3.8, 4) is 11.5 Å². The van der Waals surface area contributed by atoms with Crippen LogP contribution >= 0.6 is 0 Å². The third kappa shape index (κ3) is 5.46. The van der Waals surface area contributed by atoms with Gasteiger partial charge in [-0.1, -0.05) is 25.3 Å². The molecule has 5 rings (SSSR count). The number of hydrogen-bond acceptors (Lipinski definition) is 7. The first-order chi connectivity index (χ1) is 16.0. The summed E-state index contributed by atoms with van der Waals surface area (Å²) in [5.74, 6) is 2.09. The van der Waals surface area contributed by atoms with Gasteiger partial charge in [0.2, 0.25) is 12.7 Å². The molecule has 33 heavy (non-hydrogen) atoms. The molecule has 0 aromatic heterocycles. The number of sulfone groups is 1. The highest BCUT2D eigenvalue weighted by Gasteiger charge is 2.39. The molecule has 0 bridgehead atoms. The summed E-state index contributed by atoms with van der Waals surface area (Å²) in [6.45, 7) is 5.04. The molecule has 1 saturated carbocycles. The van der Waals surface area contributed by atoms with Crippen LogP contribution in [0.5, 0.6) is 11.5 Å². The Kier molecular flexibility index (Phi) is 6.81. The Morgan fingerprint density at radius 1 is 0.939 bits per heavy atom. The maximum absolute atomic E-state index is 13.4. The van der Waals surface area contributed by atoms with Crippen molar-refractivity contribution < 1.29 is 22.7 Å². The molecule has 182 valence electrons. The number of carbonyl (C=O) groups is 1. The lowest BCUT2D eigenvalue weighted by Crippen LogP contribution is -2.54. The van der Waals surface area contributed by atoms with Crippen LogP contribution < -0.4 is 9.47 Å². The van der Waals surface area contributed by atoms with Crippen molar-refractivity contribution >= 4 is 15.7 Å². The Labute approximate surface area is 196 Å². The Morgan fingerprint density at radius 2 is 1.67 bits per heavy atom. The second-order valence-electron chi connectivity index (χ2n) is 9.89.